The van der Waals surface area contributed by atoms with Crippen LogP contribution < -0.4 is 32.7 Å². The second-order valence-corrected chi connectivity index (χ2v) is 10.2. The van der Waals surface area contributed by atoms with E-state index in [4.69, 9.17) is 47.3 Å². The first kappa shape index (κ1) is 39.2. The summed E-state index contributed by atoms with van der Waals surface area (Å²) in [6, 6.07) is -0.636. The van der Waals surface area contributed by atoms with Crippen LogP contribution in [0.1, 0.15) is 36.5 Å². The number of aliphatic carboxylic acids is 1. The lowest BCUT2D eigenvalue weighted by atomic mass is 10.0. The molecule has 2 atom stereocenters. The molecule has 254 valence electrons. The number of benzene rings is 1. The predicted molar refractivity (Wildman–Crippen MR) is 138 cm³/mol. The molecule has 2 aromatic rings. The van der Waals surface area contributed by atoms with Crippen LogP contribution in [0.3, 0.4) is 0 Å². The molecule has 16 nitrogen and oxygen atoms in total. The van der Waals surface area contributed by atoms with Gasteiger partial charge in [-0.2, -0.15) is 13.2 Å². The molecule has 0 fully saturated rings. The Kier molecular flexibility index (Phi) is 14.8. The molecule has 0 unspecified atom stereocenters. The van der Waals surface area contributed by atoms with E-state index < -0.39 is 61.2 Å². The second-order valence-electron chi connectivity index (χ2n) is 9.29. The summed E-state index contributed by atoms with van der Waals surface area (Å²) in [6.45, 7) is 0.118. The topological polar surface area (TPSA) is 288 Å². The first-order valence-corrected chi connectivity index (χ1v) is 14.0. The number of halogens is 6. The molecule has 0 saturated carbocycles. The molecule has 0 spiro atoms. The van der Waals surface area contributed by atoms with Crippen molar-refractivity contribution in [3.8, 4) is 0 Å². The molecule has 10 N–H and O–H groups in total. The number of aromatic nitrogens is 3. The van der Waals surface area contributed by atoms with Crippen LogP contribution in [-0.2, 0) is 39.8 Å². The molecule has 0 bridgehead atoms. The van der Waals surface area contributed by atoms with Crippen molar-refractivity contribution < 1.29 is 60.3 Å². The Bertz CT molecular complexity index is 1380. The van der Waals surface area contributed by atoms with Gasteiger partial charge >= 0.3 is 12.1 Å². The quantitative estimate of drug-likeness (QED) is 0.0430. The highest BCUT2D eigenvalue weighted by molar-refractivity contribution is 7.42. The van der Waals surface area contributed by atoms with Crippen LogP contribution in [0.2, 0.25) is 0 Å². The van der Waals surface area contributed by atoms with Gasteiger partial charge in [-0.25, -0.2) is 13.2 Å². The zero-order chi connectivity index (χ0) is 34.7. The minimum atomic E-state index is -5.14. The third-order valence-electron chi connectivity index (χ3n) is 5.65. The fourth-order valence-corrected chi connectivity index (χ4v) is 3.65. The average molecular weight is 678 g/mol. The fourth-order valence-electron chi connectivity index (χ4n) is 3.65. The van der Waals surface area contributed by atoms with Crippen LogP contribution >= 0.6 is 7.82 Å². The highest BCUT2D eigenvalue weighted by Crippen LogP contribution is 2.29. The van der Waals surface area contributed by atoms with Crippen molar-refractivity contribution in [1.82, 2.24) is 19.7 Å². The van der Waals surface area contributed by atoms with Crippen LogP contribution in [0.4, 0.5) is 26.3 Å². The first-order chi connectivity index (χ1) is 20.6. The van der Waals surface area contributed by atoms with Crippen molar-refractivity contribution in [2.24, 2.45) is 27.9 Å². The molecule has 1 amide bonds. The van der Waals surface area contributed by atoms with Gasteiger partial charge < -0.3 is 56.8 Å². The predicted octanol–water partition coefficient (Wildman–Crippen LogP) is -1.72. The largest absolute Gasteiger partial charge is 0.790 e. The fraction of sp³-hybridized carbons (Fsp3) is 0.500. The van der Waals surface area contributed by atoms with Gasteiger partial charge in [0.25, 0.3) is 0 Å². The van der Waals surface area contributed by atoms with Crippen LogP contribution in [0.15, 0.2) is 17.1 Å². The Balaban J connectivity index is 0.000000495. The number of carboxylic acid groups (broad SMARTS) is 1. The van der Waals surface area contributed by atoms with E-state index in [1.165, 1.54) is 4.90 Å². The molecule has 0 aliphatic carbocycles. The summed E-state index contributed by atoms with van der Waals surface area (Å²) in [5, 5.41) is 15.0. The number of phosphoric acid groups is 1. The van der Waals surface area contributed by atoms with Gasteiger partial charge in [0.05, 0.1) is 14.4 Å². The van der Waals surface area contributed by atoms with Gasteiger partial charge in [0.2, 0.25) is 11.7 Å². The van der Waals surface area contributed by atoms with E-state index in [9.17, 15) is 35.9 Å². The number of nitrogens with zero attached hydrogens (tertiary/aromatic N) is 5. The maximum Gasteiger partial charge on any atom is 0.451 e. The molecule has 0 saturated heterocycles. The van der Waals surface area contributed by atoms with Gasteiger partial charge in [-0.05, 0) is 30.9 Å². The lowest BCUT2D eigenvalue weighted by molar-refractivity contribution is -0.337. The number of guanidine groups is 1. The normalized spacial score (nSPS) is 14.2. The summed E-state index contributed by atoms with van der Waals surface area (Å²) in [5.41, 5.74) is 21.0. The minimum absolute atomic E-state index is 0.000783. The van der Waals surface area contributed by atoms with Crippen LogP contribution in [0.25, 0.3) is 0 Å². The van der Waals surface area contributed by atoms with E-state index in [0.29, 0.717) is 31.5 Å². The average Bonchev–Trinajstić information content (AvgIpc) is 3.33. The Morgan fingerprint density at radius 2 is 1.64 bits per heavy atom. The van der Waals surface area contributed by atoms with Crippen molar-refractivity contribution in [2.75, 3.05) is 13.1 Å². The summed E-state index contributed by atoms with van der Waals surface area (Å²) in [6.07, 6.45) is -4.15. The van der Waals surface area contributed by atoms with Gasteiger partial charge in [-0.1, -0.05) is 0 Å². The number of rotatable bonds is 9. The molecular formula is C22H30F6N9O7P-2. The number of alkyl halides is 3. The molecule has 1 aromatic heterocycles. The molecule has 45 heavy (non-hydrogen) atoms. The first-order valence-electron chi connectivity index (χ1n) is 12.5. The van der Waals surface area contributed by atoms with Gasteiger partial charge in [0.15, 0.2) is 23.4 Å². The van der Waals surface area contributed by atoms with Crippen molar-refractivity contribution >= 4 is 25.7 Å². The number of nitrogens with two attached hydrogens (primary N) is 4. The Morgan fingerprint density at radius 1 is 1.07 bits per heavy atom. The van der Waals surface area contributed by atoms with E-state index in [2.05, 4.69) is 15.2 Å². The number of carbonyl (C=O) groups excluding carboxylic acids is 1. The lowest BCUT2D eigenvalue weighted by Gasteiger charge is -2.29. The highest BCUT2D eigenvalue weighted by Gasteiger charge is 2.40. The number of carbonyl (C=O) groups is 2. The maximum absolute atomic E-state index is 13.7. The highest BCUT2D eigenvalue weighted by atomic mass is 31.2. The standard InChI is InChI=1S/C16H15F6N5O.C6H14N4O2.H3O4P/c17-10-6-12(19)11(18)4-8(10)3-9(23)5-14(28)26-1-2-27-13(7-26)24-25-15(27)16(20,21)22;7-4(5(11)12)2-1-3-10-6(8)9;1-5(2,3)4/h4,6,9H,1-3,5,7,23H2;4H,1-3,7H2,(H,11,12)(H4,8,9,10);(H3,1,2,3,4)/p-2/t9-;4-;/m10./s1. The lowest BCUT2D eigenvalue weighted by Crippen LogP contribution is -2.42. The zero-order valence-electron chi connectivity index (χ0n) is 23.2. The van der Waals surface area contributed by atoms with Crippen molar-refractivity contribution in [3.63, 3.8) is 0 Å². The van der Waals surface area contributed by atoms with Gasteiger partial charge in [0.1, 0.15) is 11.9 Å². The van der Waals surface area contributed by atoms with E-state index >= 15 is 0 Å². The molecule has 1 aliphatic heterocycles. The van der Waals surface area contributed by atoms with Gasteiger partial charge in [0, 0.05) is 38.2 Å². The molecule has 1 aliphatic rings. The molecule has 23 heteroatoms. The molecular weight excluding hydrogens is 647 g/mol. The summed E-state index contributed by atoms with van der Waals surface area (Å²) >= 11 is 0. The summed E-state index contributed by atoms with van der Waals surface area (Å²) in [7, 11) is -5.14. The van der Waals surface area contributed by atoms with Gasteiger partial charge in [-0.3, -0.25) is 14.6 Å². The van der Waals surface area contributed by atoms with Crippen molar-refractivity contribution in [2.45, 2.75) is 57.0 Å². The number of hydrogen-bond donors (Lipinski definition) is 6. The van der Waals surface area contributed by atoms with E-state index in [0.717, 1.165) is 4.57 Å². The number of amides is 1. The van der Waals surface area contributed by atoms with Crippen LogP contribution in [-0.4, -0.2) is 72.7 Å². The third kappa shape index (κ3) is 14.7. The van der Waals surface area contributed by atoms with Crippen molar-refractivity contribution in [3.05, 3.63) is 46.8 Å². The monoisotopic (exact) mass is 677 g/mol. The Morgan fingerprint density at radius 3 is 2.18 bits per heavy atom. The van der Waals surface area contributed by atoms with Crippen molar-refractivity contribution in [1.29, 1.82) is 0 Å². The van der Waals surface area contributed by atoms with E-state index in [1.807, 2.05) is 0 Å². The number of fused-ring (bicyclic) bond motifs is 1. The van der Waals surface area contributed by atoms with Crippen LogP contribution in [0.5, 0.6) is 0 Å². The molecule has 2 heterocycles. The molecule has 0 radical (unpaired) electrons. The smallest absolute Gasteiger partial charge is 0.451 e. The number of carboxylic acids is 1. The number of hydrogen-bond acceptors (Lipinski definition) is 10. The minimum Gasteiger partial charge on any atom is -0.790 e. The van der Waals surface area contributed by atoms with Crippen LogP contribution in [0, 0.1) is 17.5 Å². The van der Waals surface area contributed by atoms with Gasteiger partial charge in [-0.15, -0.1) is 10.2 Å². The third-order valence-corrected chi connectivity index (χ3v) is 5.65. The summed E-state index contributed by atoms with van der Waals surface area (Å²) in [5.74, 6) is -6.14. The SMILES string of the molecule is NC(N)=NCCC[C@H](N)C(=O)O.N[C@@H](CC(=O)N1CCn2c(nnc2C(F)(F)F)C1)Cc1cc(F)c(F)cc1F.O=P([O-])([O-])O. The van der Waals surface area contributed by atoms with E-state index in [1.54, 1.807) is 0 Å². The molecule has 1 aromatic carbocycles. The molecule has 3 rings (SSSR count). The maximum atomic E-state index is 13.7. The number of aliphatic imine (C=N–C) groups is 1. The zero-order valence-corrected chi connectivity index (χ0v) is 24.1. The summed E-state index contributed by atoms with van der Waals surface area (Å²) < 4.78 is 87.9. The summed E-state index contributed by atoms with van der Waals surface area (Å²) in [4.78, 5) is 51.8. The Hall–Kier alpha value is -3.82. The van der Waals surface area contributed by atoms with E-state index in [-0.39, 0.29) is 49.8 Å². The Labute approximate surface area is 250 Å². The second kappa shape index (κ2) is 17.0.